The lowest BCUT2D eigenvalue weighted by molar-refractivity contribution is -0.126. The van der Waals surface area contributed by atoms with Crippen molar-refractivity contribution in [3.05, 3.63) is 35.6 Å². The minimum atomic E-state index is -0.633. The summed E-state index contributed by atoms with van der Waals surface area (Å²) in [5.74, 6) is -0.278. The van der Waals surface area contributed by atoms with Crippen molar-refractivity contribution in [2.24, 2.45) is 5.73 Å². The average molecular weight is 207 g/mol. The van der Waals surface area contributed by atoms with Gasteiger partial charge >= 0.3 is 0 Å². The Bertz CT molecular complexity index is 385. The number of benzene rings is 1. The Morgan fingerprint density at radius 3 is 2.73 bits per heavy atom. The molecule has 3 heteroatoms. The van der Waals surface area contributed by atoms with Crippen LogP contribution in [0.2, 0.25) is 0 Å². The summed E-state index contributed by atoms with van der Waals surface area (Å²) in [6.45, 7) is 0. The van der Waals surface area contributed by atoms with E-state index in [1.807, 2.05) is 0 Å². The predicted molar refractivity (Wildman–Crippen MR) is 55.9 cm³/mol. The van der Waals surface area contributed by atoms with Gasteiger partial charge in [0.15, 0.2) is 5.78 Å². The normalized spacial score (nSPS) is 18.3. The number of carbonyl (C=O) groups is 1. The molecule has 1 saturated carbocycles. The predicted octanol–water partition coefficient (Wildman–Crippen LogP) is 1.82. The summed E-state index contributed by atoms with van der Waals surface area (Å²) < 4.78 is 12.9. The molecule has 0 atom stereocenters. The van der Waals surface area contributed by atoms with Gasteiger partial charge in [-0.1, -0.05) is 12.1 Å². The molecule has 0 heterocycles. The van der Waals surface area contributed by atoms with Crippen molar-refractivity contribution in [2.75, 3.05) is 0 Å². The number of hydrogen-bond donors (Lipinski definition) is 1. The average Bonchev–Trinajstić information content (AvgIpc) is 2.14. The minimum Gasteiger partial charge on any atom is -0.319 e. The number of rotatable bonds is 3. The molecule has 0 bridgehead atoms. The molecule has 2 rings (SSSR count). The molecule has 1 aliphatic rings. The largest absolute Gasteiger partial charge is 0.319 e. The summed E-state index contributed by atoms with van der Waals surface area (Å²) in [5, 5.41) is 0. The van der Waals surface area contributed by atoms with Gasteiger partial charge in [0.2, 0.25) is 0 Å². The number of ketones is 1. The van der Waals surface area contributed by atoms with Crippen LogP contribution in [-0.4, -0.2) is 11.3 Å². The van der Waals surface area contributed by atoms with Crippen LogP contribution in [0, 0.1) is 5.82 Å². The van der Waals surface area contributed by atoms with E-state index in [2.05, 4.69) is 0 Å². The Morgan fingerprint density at radius 1 is 1.47 bits per heavy atom. The van der Waals surface area contributed by atoms with Crippen molar-refractivity contribution in [3.63, 3.8) is 0 Å². The van der Waals surface area contributed by atoms with E-state index in [4.69, 9.17) is 5.73 Å². The molecule has 1 aromatic carbocycles. The zero-order valence-corrected chi connectivity index (χ0v) is 8.50. The number of carbonyl (C=O) groups excluding carboxylic acids is 1. The number of hydrogen-bond acceptors (Lipinski definition) is 2. The highest BCUT2D eigenvalue weighted by atomic mass is 19.1. The SMILES string of the molecule is NC1(C(=O)Cc2cccc(F)c2)CCC1. The second kappa shape index (κ2) is 3.74. The van der Waals surface area contributed by atoms with E-state index in [1.54, 1.807) is 12.1 Å². The van der Waals surface area contributed by atoms with Gasteiger partial charge in [-0.05, 0) is 37.0 Å². The third-order valence-corrected chi connectivity index (χ3v) is 3.05. The van der Waals surface area contributed by atoms with E-state index in [0.717, 1.165) is 19.3 Å². The van der Waals surface area contributed by atoms with Gasteiger partial charge in [0.05, 0.1) is 5.54 Å². The van der Waals surface area contributed by atoms with E-state index in [0.29, 0.717) is 5.56 Å². The van der Waals surface area contributed by atoms with Crippen molar-refractivity contribution in [1.29, 1.82) is 0 Å². The summed E-state index contributed by atoms with van der Waals surface area (Å²) in [6.07, 6.45) is 2.79. The Morgan fingerprint density at radius 2 is 2.20 bits per heavy atom. The lowest BCUT2D eigenvalue weighted by atomic mass is 9.73. The van der Waals surface area contributed by atoms with Crippen molar-refractivity contribution in [2.45, 2.75) is 31.2 Å². The van der Waals surface area contributed by atoms with E-state index >= 15 is 0 Å². The van der Waals surface area contributed by atoms with Crippen LogP contribution in [-0.2, 0) is 11.2 Å². The number of Topliss-reactive ketones (excluding diaryl/α,β-unsaturated/α-hetero) is 1. The summed E-state index contributed by atoms with van der Waals surface area (Å²) in [6, 6.07) is 6.13. The molecule has 2 N–H and O–H groups in total. The molecule has 80 valence electrons. The highest BCUT2D eigenvalue weighted by Gasteiger charge is 2.39. The molecule has 0 aromatic heterocycles. The Labute approximate surface area is 88.3 Å². The maximum absolute atomic E-state index is 12.9. The Kier molecular flexibility index (Phi) is 2.57. The molecular formula is C12H14FNO. The molecule has 0 radical (unpaired) electrons. The van der Waals surface area contributed by atoms with Crippen molar-refractivity contribution in [3.8, 4) is 0 Å². The molecular weight excluding hydrogens is 193 g/mol. The molecule has 0 spiro atoms. The highest BCUT2D eigenvalue weighted by molar-refractivity contribution is 5.90. The van der Waals surface area contributed by atoms with Crippen LogP contribution in [0.3, 0.4) is 0 Å². The quantitative estimate of drug-likeness (QED) is 0.821. The fourth-order valence-corrected chi connectivity index (χ4v) is 1.84. The fraction of sp³-hybridized carbons (Fsp3) is 0.417. The van der Waals surface area contributed by atoms with Crippen LogP contribution in [0.5, 0.6) is 0 Å². The van der Waals surface area contributed by atoms with E-state index in [1.165, 1.54) is 12.1 Å². The summed E-state index contributed by atoms with van der Waals surface area (Å²) in [7, 11) is 0. The highest BCUT2D eigenvalue weighted by Crippen LogP contribution is 2.30. The van der Waals surface area contributed by atoms with Gasteiger partial charge in [-0.25, -0.2) is 4.39 Å². The van der Waals surface area contributed by atoms with Crippen molar-refractivity contribution < 1.29 is 9.18 Å². The molecule has 1 aliphatic carbocycles. The van der Waals surface area contributed by atoms with Crippen LogP contribution >= 0.6 is 0 Å². The zero-order chi connectivity index (χ0) is 10.9. The fourth-order valence-electron chi connectivity index (χ4n) is 1.84. The molecule has 1 aromatic rings. The van der Waals surface area contributed by atoms with E-state index < -0.39 is 5.54 Å². The Hall–Kier alpha value is -1.22. The lowest BCUT2D eigenvalue weighted by Gasteiger charge is -2.36. The number of nitrogens with two attached hydrogens (primary N) is 1. The molecule has 0 unspecified atom stereocenters. The molecule has 15 heavy (non-hydrogen) atoms. The van der Waals surface area contributed by atoms with Gasteiger partial charge in [0.1, 0.15) is 5.82 Å². The van der Waals surface area contributed by atoms with E-state index in [9.17, 15) is 9.18 Å². The molecule has 1 fully saturated rings. The third kappa shape index (κ3) is 2.07. The van der Waals surface area contributed by atoms with Crippen LogP contribution in [0.4, 0.5) is 4.39 Å². The smallest absolute Gasteiger partial charge is 0.156 e. The second-order valence-electron chi connectivity index (χ2n) is 4.24. The lowest BCUT2D eigenvalue weighted by Crippen LogP contribution is -2.54. The first kappa shape index (κ1) is 10.3. The number of halogens is 1. The first-order chi connectivity index (χ1) is 7.10. The van der Waals surface area contributed by atoms with Crippen molar-refractivity contribution in [1.82, 2.24) is 0 Å². The molecule has 0 aliphatic heterocycles. The minimum absolute atomic E-state index is 0.0272. The van der Waals surface area contributed by atoms with Crippen LogP contribution in [0.1, 0.15) is 24.8 Å². The summed E-state index contributed by atoms with van der Waals surface area (Å²) in [5.41, 5.74) is 5.96. The van der Waals surface area contributed by atoms with Crippen LogP contribution < -0.4 is 5.73 Å². The van der Waals surface area contributed by atoms with Gasteiger partial charge in [0.25, 0.3) is 0 Å². The maximum atomic E-state index is 12.9. The van der Waals surface area contributed by atoms with Gasteiger partial charge in [0, 0.05) is 6.42 Å². The second-order valence-corrected chi connectivity index (χ2v) is 4.24. The van der Waals surface area contributed by atoms with Gasteiger partial charge in [-0.3, -0.25) is 4.79 Å². The monoisotopic (exact) mass is 207 g/mol. The van der Waals surface area contributed by atoms with Crippen molar-refractivity contribution >= 4 is 5.78 Å². The zero-order valence-electron chi connectivity index (χ0n) is 8.50. The van der Waals surface area contributed by atoms with Gasteiger partial charge in [-0.2, -0.15) is 0 Å². The van der Waals surface area contributed by atoms with Gasteiger partial charge < -0.3 is 5.73 Å². The first-order valence-electron chi connectivity index (χ1n) is 5.17. The standard InChI is InChI=1S/C12H14FNO/c13-10-4-1-3-9(7-10)8-11(15)12(14)5-2-6-12/h1,3-4,7H,2,5-6,8,14H2. The molecule has 0 amide bonds. The third-order valence-electron chi connectivity index (χ3n) is 3.05. The van der Waals surface area contributed by atoms with Gasteiger partial charge in [-0.15, -0.1) is 0 Å². The first-order valence-corrected chi connectivity index (χ1v) is 5.17. The summed E-state index contributed by atoms with van der Waals surface area (Å²) >= 11 is 0. The van der Waals surface area contributed by atoms with E-state index in [-0.39, 0.29) is 18.0 Å². The summed E-state index contributed by atoms with van der Waals surface area (Å²) in [4.78, 5) is 11.8. The molecule has 0 saturated heterocycles. The topological polar surface area (TPSA) is 43.1 Å². The van der Waals surface area contributed by atoms with Crippen LogP contribution in [0.15, 0.2) is 24.3 Å². The maximum Gasteiger partial charge on any atom is 0.156 e. The Balaban J connectivity index is 2.06. The van der Waals surface area contributed by atoms with Crippen LogP contribution in [0.25, 0.3) is 0 Å². The molecule has 2 nitrogen and oxygen atoms in total.